The maximum absolute atomic E-state index is 12.6. The summed E-state index contributed by atoms with van der Waals surface area (Å²) in [6.07, 6.45) is -3.33. The Bertz CT molecular complexity index is 423. The first-order valence-corrected chi connectivity index (χ1v) is 7.12. The van der Waals surface area contributed by atoms with E-state index in [-0.39, 0.29) is 25.6 Å². The molecule has 2 atom stereocenters. The van der Waals surface area contributed by atoms with Crippen molar-refractivity contribution < 1.29 is 37.0 Å². The summed E-state index contributed by atoms with van der Waals surface area (Å²) in [5, 5.41) is 11.4. The quantitative estimate of drug-likeness (QED) is 0.544. The molecule has 2 amide bonds. The molecule has 0 spiro atoms. The molecular weight excluding hydrogens is 324 g/mol. The van der Waals surface area contributed by atoms with E-state index in [2.05, 4.69) is 10.1 Å². The van der Waals surface area contributed by atoms with Gasteiger partial charge in [0.2, 0.25) is 0 Å². The molecule has 6 nitrogen and oxygen atoms in total. The number of carboxylic acids is 1. The topological polar surface area (TPSA) is 78.9 Å². The molecule has 134 valence electrons. The number of piperidine rings is 1. The summed E-state index contributed by atoms with van der Waals surface area (Å²) in [6, 6.07) is -0.535. The van der Waals surface area contributed by atoms with E-state index in [1.807, 2.05) is 6.92 Å². The van der Waals surface area contributed by atoms with E-state index in [0.29, 0.717) is 13.0 Å². The minimum atomic E-state index is -4.22. The third-order valence-corrected chi connectivity index (χ3v) is 3.43. The van der Waals surface area contributed by atoms with Crippen molar-refractivity contribution in [1.82, 2.24) is 10.2 Å². The summed E-state index contributed by atoms with van der Waals surface area (Å²) >= 11 is 0. The van der Waals surface area contributed by atoms with Crippen LogP contribution in [0.25, 0.3) is 0 Å². The third kappa shape index (κ3) is 6.20. The smallest absolute Gasteiger partial charge is 0.330 e. The van der Waals surface area contributed by atoms with Gasteiger partial charge in [-0.25, -0.2) is 13.6 Å². The molecule has 1 saturated heterocycles. The zero-order valence-corrected chi connectivity index (χ0v) is 12.6. The minimum absolute atomic E-state index is 0.0246. The standard InChI is InChI=1S/C13H20F4N2O4/c1-8-4-9(10(20)21)6-19(5-8)12(22)18-2-3-23-7-13(16,17)11(14)15/h8-9,11H,2-7H2,1H3,(H,18,22)(H,20,21). The van der Waals surface area contributed by atoms with Crippen LogP contribution in [-0.4, -0.2) is 67.2 Å². The lowest BCUT2D eigenvalue weighted by Crippen LogP contribution is -2.50. The van der Waals surface area contributed by atoms with E-state index in [4.69, 9.17) is 5.11 Å². The zero-order valence-electron chi connectivity index (χ0n) is 12.6. The maximum atomic E-state index is 12.6. The van der Waals surface area contributed by atoms with Crippen LogP contribution in [0.2, 0.25) is 0 Å². The molecular formula is C13H20F4N2O4. The van der Waals surface area contributed by atoms with Crippen molar-refractivity contribution in [3.8, 4) is 0 Å². The summed E-state index contributed by atoms with van der Waals surface area (Å²) in [4.78, 5) is 24.2. The summed E-state index contributed by atoms with van der Waals surface area (Å²) in [7, 11) is 0. The Morgan fingerprint density at radius 2 is 2.04 bits per heavy atom. The molecule has 0 radical (unpaired) electrons. The van der Waals surface area contributed by atoms with Gasteiger partial charge >= 0.3 is 24.3 Å². The fraction of sp³-hybridized carbons (Fsp3) is 0.846. The molecule has 0 saturated carbocycles. The van der Waals surface area contributed by atoms with Crippen LogP contribution in [0.5, 0.6) is 0 Å². The monoisotopic (exact) mass is 344 g/mol. The van der Waals surface area contributed by atoms with Crippen molar-refractivity contribution in [3.63, 3.8) is 0 Å². The summed E-state index contributed by atoms with van der Waals surface area (Å²) in [5.74, 6) is -5.82. The van der Waals surface area contributed by atoms with Crippen molar-refractivity contribution in [2.24, 2.45) is 11.8 Å². The number of nitrogens with zero attached hydrogens (tertiary/aromatic N) is 1. The van der Waals surface area contributed by atoms with E-state index in [9.17, 15) is 27.2 Å². The minimum Gasteiger partial charge on any atom is -0.481 e. The van der Waals surface area contributed by atoms with Gasteiger partial charge in [-0.15, -0.1) is 0 Å². The molecule has 0 aromatic heterocycles. The van der Waals surface area contributed by atoms with Crippen LogP contribution >= 0.6 is 0 Å². The van der Waals surface area contributed by atoms with Gasteiger partial charge < -0.3 is 20.1 Å². The molecule has 1 heterocycles. The van der Waals surface area contributed by atoms with E-state index >= 15 is 0 Å². The van der Waals surface area contributed by atoms with Gasteiger partial charge in [0.1, 0.15) is 6.61 Å². The molecule has 1 rings (SSSR count). The van der Waals surface area contributed by atoms with Gasteiger partial charge in [-0.05, 0) is 12.3 Å². The highest BCUT2D eigenvalue weighted by molar-refractivity contribution is 5.76. The van der Waals surface area contributed by atoms with E-state index in [1.54, 1.807) is 0 Å². The lowest BCUT2D eigenvalue weighted by molar-refractivity contribution is -0.165. The molecule has 1 aliphatic rings. The van der Waals surface area contributed by atoms with Crippen molar-refractivity contribution in [2.45, 2.75) is 25.7 Å². The first-order chi connectivity index (χ1) is 10.6. The van der Waals surface area contributed by atoms with Crippen LogP contribution < -0.4 is 5.32 Å². The molecule has 0 aromatic rings. The van der Waals surface area contributed by atoms with Crippen molar-refractivity contribution >= 4 is 12.0 Å². The fourth-order valence-corrected chi connectivity index (χ4v) is 2.31. The third-order valence-electron chi connectivity index (χ3n) is 3.43. The Kier molecular flexibility index (Phi) is 7.04. The average molecular weight is 344 g/mol. The highest BCUT2D eigenvalue weighted by Crippen LogP contribution is 2.23. The predicted molar refractivity (Wildman–Crippen MR) is 71.6 cm³/mol. The summed E-state index contributed by atoms with van der Waals surface area (Å²) < 4.78 is 53.3. The lowest BCUT2D eigenvalue weighted by atomic mass is 9.91. The van der Waals surface area contributed by atoms with E-state index < -0.39 is 36.9 Å². The molecule has 23 heavy (non-hydrogen) atoms. The number of halogens is 4. The number of ether oxygens (including phenoxy) is 1. The van der Waals surface area contributed by atoms with Crippen LogP contribution in [0.15, 0.2) is 0 Å². The second kappa shape index (κ2) is 8.32. The van der Waals surface area contributed by atoms with Gasteiger partial charge in [0.25, 0.3) is 0 Å². The number of hydrogen-bond donors (Lipinski definition) is 2. The van der Waals surface area contributed by atoms with Crippen LogP contribution in [0.4, 0.5) is 22.4 Å². The molecule has 2 N–H and O–H groups in total. The highest BCUT2D eigenvalue weighted by Gasteiger charge is 2.40. The second-order valence-electron chi connectivity index (χ2n) is 5.63. The molecule has 1 aliphatic heterocycles. The number of carboxylic acid groups (broad SMARTS) is 1. The Hall–Kier alpha value is -1.58. The Labute approximate surface area is 130 Å². The van der Waals surface area contributed by atoms with Crippen LogP contribution in [0.1, 0.15) is 13.3 Å². The van der Waals surface area contributed by atoms with E-state index in [1.165, 1.54) is 4.90 Å². The number of amides is 2. The fourth-order valence-electron chi connectivity index (χ4n) is 2.31. The second-order valence-corrected chi connectivity index (χ2v) is 5.63. The number of rotatable bonds is 7. The zero-order chi connectivity index (χ0) is 17.6. The van der Waals surface area contributed by atoms with Crippen molar-refractivity contribution in [3.05, 3.63) is 0 Å². The van der Waals surface area contributed by atoms with Crippen molar-refractivity contribution in [1.29, 1.82) is 0 Å². The van der Waals surface area contributed by atoms with Gasteiger partial charge in [-0.2, -0.15) is 8.78 Å². The number of nitrogens with one attached hydrogen (secondary N) is 1. The largest absolute Gasteiger partial charge is 0.481 e. The number of hydrogen-bond acceptors (Lipinski definition) is 3. The lowest BCUT2D eigenvalue weighted by Gasteiger charge is -2.34. The number of aliphatic carboxylic acids is 1. The maximum Gasteiger partial charge on any atom is 0.330 e. The number of likely N-dealkylation sites (tertiary alicyclic amines) is 1. The number of alkyl halides is 4. The van der Waals surface area contributed by atoms with Gasteiger partial charge in [0.05, 0.1) is 12.5 Å². The van der Waals surface area contributed by atoms with Gasteiger partial charge in [0.15, 0.2) is 0 Å². The van der Waals surface area contributed by atoms with Crippen LogP contribution in [0.3, 0.4) is 0 Å². The first-order valence-electron chi connectivity index (χ1n) is 7.12. The normalized spacial score (nSPS) is 22.3. The molecule has 0 aromatic carbocycles. The molecule has 10 heteroatoms. The van der Waals surface area contributed by atoms with Gasteiger partial charge in [0, 0.05) is 19.6 Å². The number of urea groups is 1. The molecule has 0 bridgehead atoms. The van der Waals surface area contributed by atoms with Crippen LogP contribution in [-0.2, 0) is 9.53 Å². The summed E-state index contributed by atoms with van der Waals surface area (Å²) in [6.45, 7) is 0.365. The Balaban J connectivity index is 2.30. The van der Waals surface area contributed by atoms with E-state index in [0.717, 1.165) is 0 Å². The predicted octanol–water partition coefficient (Wildman–Crippen LogP) is 1.66. The average Bonchev–Trinajstić information content (AvgIpc) is 2.45. The highest BCUT2D eigenvalue weighted by atomic mass is 19.3. The molecule has 1 fully saturated rings. The van der Waals surface area contributed by atoms with Crippen LogP contribution in [0, 0.1) is 11.8 Å². The van der Waals surface area contributed by atoms with Crippen molar-refractivity contribution in [2.75, 3.05) is 32.8 Å². The summed E-state index contributed by atoms with van der Waals surface area (Å²) in [5.41, 5.74) is 0. The number of carbonyl (C=O) groups excluding carboxylic acids is 1. The Morgan fingerprint density at radius 3 is 2.61 bits per heavy atom. The van der Waals surface area contributed by atoms with Gasteiger partial charge in [-0.1, -0.05) is 6.92 Å². The molecule has 0 aliphatic carbocycles. The first kappa shape index (κ1) is 19.5. The Morgan fingerprint density at radius 1 is 1.39 bits per heavy atom. The SMILES string of the molecule is CC1CC(C(=O)O)CN(C(=O)NCCOCC(F)(F)C(F)F)C1. The van der Waals surface area contributed by atoms with Gasteiger partial charge in [-0.3, -0.25) is 4.79 Å². The number of carbonyl (C=O) groups is 2. The molecule has 2 unspecified atom stereocenters.